The number of nitrogens with one attached hydrogen (secondary N) is 1. The third kappa shape index (κ3) is 6.12. The van der Waals surface area contributed by atoms with Crippen molar-refractivity contribution in [1.82, 2.24) is 10.2 Å². The molecule has 234 valence electrons. The minimum atomic E-state index is -2.34. The first-order valence-electron chi connectivity index (χ1n) is 14.2. The van der Waals surface area contributed by atoms with Gasteiger partial charge >= 0.3 is 0 Å². The van der Waals surface area contributed by atoms with Gasteiger partial charge in [0.25, 0.3) is 0 Å². The molecule has 0 spiro atoms. The molecule has 13 nitrogen and oxygen atoms in total. The maximum absolute atomic E-state index is 12.6. The van der Waals surface area contributed by atoms with Gasteiger partial charge in [0, 0.05) is 37.4 Å². The van der Waals surface area contributed by atoms with Crippen molar-refractivity contribution in [2.75, 3.05) is 33.4 Å². The molecule has 0 bridgehead atoms. The second-order valence-electron chi connectivity index (χ2n) is 11.5. The van der Waals surface area contributed by atoms with Gasteiger partial charge in [0.05, 0.1) is 30.3 Å². The number of ether oxygens (including phenoxy) is 1. The van der Waals surface area contributed by atoms with Gasteiger partial charge in [0.15, 0.2) is 5.43 Å². The fourth-order valence-electron chi connectivity index (χ4n) is 5.73. The molecule has 3 aliphatic heterocycles. The summed E-state index contributed by atoms with van der Waals surface area (Å²) in [7, 11) is 1.81. The van der Waals surface area contributed by atoms with Crippen LogP contribution in [0.3, 0.4) is 0 Å². The lowest BCUT2D eigenvalue weighted by molar-refractivity contribution is -0.364. The number of rotatable bonds is 13. The molecule has 7 atom stereocenters. The Morgan fingerprint density at radius 1 is 1.28 bits per heavy atom. The fourth-order valence-corrected chi connectivity index (χ4v) is 5.73. The normalized spacial score (nSPS) is 26.0. The first kappa shape index (κ1) is 31.3. The monoisotopic (exact) mass is 601 g/mol. The number of benzene rings is 1. The zero-order chi connectivity index (χ0) is 30.9. The molecule has 5 rings (SSSR count). The van der Waals surface area contributed by atoms with Gasteiger partial charge in [-0.15, -0.1) is 0 Å². The molecular weight excluding hydrogens is 562 g/mol. The van der Waals surface area contributed by atoms with Crippen molar-refractivity contribution in [3.8, 4) is 5.75 Å². The predicted octanol–water partition coefficient (Wildman–Crippen LogP) is -0.306. The Bertz CT molecular complexity index is 1470. The van der Waals surface area contributed by atoms with Crippen molar-refractivity contribution in [2.45, 2.75) is 68.3 Å². The van der Waals surface area contributed by atoms with Crippen LogP contribution in [0.25, 0.3) is 11.0 Å². The highest BCUT2D eigenvalue weighted by Crippen LogP contribution is 2.39. The average molecular weight is 602 g/mol. The molecule has 0 radical (unpaired) electrons. The van der Waals surface area contributed by atoms with Crippen LogP contribution in [0.2, 0.25) is 0 Å². The smallest absolute Gasteiger partial charge is 0.192 e. The van der Waals surface area contributed by atoms with Gasteiger partial charge in [0.1, 0.15) is 59.3 Å². The van der Waals surface area contributed by atoms with E-state index in [2.05, 4.69) is 10.3 Å². The molecule has 2 aromatic rings. The molecule has 0 saturated heterocycles. The van der Waals surface area contributed by atoms with E-state index < -0.39 is 48.8 Å². The average Bonchev–Trinajstić information content (AvgIpc) is 3.60. The molecular formula is C30H39N3O10. The Balaban J connectivity index is 1.33. The molecule has 0 amide bonds. The summed E-state index contributed by atoms with van der Waals surface area (Å²) in [6, 6.07) is 4.53. The van der Waals surface area contributed by atoms with Crippen LogP contribution in [0.5, 0.6) is 5.75 Å². The summed E-state index contributed by atoms with van der Waals surface area (Å²) in [6.07, 6.45) is 1.53. The van der Waals surface area contributed by atoms with Crippen LogP contribution in [-0.4, -0.2) is 111 Å². The van der Waals surface area contributed by atoms with Gasteiger partial charge in [0.2, 0.25) is 0 Å². The molecule has 0 saturated carbocycles. The van der Waals surface area contributed by atoms with Crippen LogP contribution in [0.1, 0.15) is 24.7 Å². The quantitative estimate of drug-likeness (QED) is 0.130. The van der Waals surface area contributed by atoms with E-state index in [-0.39, 0.29) is 18.0 Å². The van der Waals surface area contributed by atoms with Crippen LogP contribution in [0.15, 0.2) is 57.0 Å². The van der Waals surface area contributed by atoms with Crippen molar-refractivity contribution >= 4 is 16.7 Å². The maximum atomic E-state index is 12.6. The Morgan fingerprint density at radius 3 is 2.81 bits per heavy atom. The number of nitrogens with zero attached hydrogens (tertiary/aromatic N) is 2. The highest BCUT2D eigenvalue weighted by atomic mass is 17.2. The van der Waals surface area contributed by atoms with Crippen LogP contribution in [0, 0.1) is 6.92 Å². The van der Waals surface area contributed by atoms with Gasteiger partial charge < -0.3 is 44.9 Å². The molecule has 1 aromatic carbocycles. The van der Waals surface area contributed by atoms with E-state index in [9.17, 15) is 30.3 Å². The number of β-amino-alcohol motifs (C(OH)–C–C–N with tert-alkyl or cyclic N) is 1. The van der Waals surface area contributed by atoms with E-state index in [1.165, 1.54) is 6.07 Å². The summed E-state index contributed by atoms with van der Waals surface area (Å²) in [6.45, 7) is 2.42. The number of hydrogen-bond acceptors (Lipinski definition) is 13. The van der Waals surface area contributed by atoms with Crippen LogP contribution >= 0.6 is 0 Å². The molecule has 0 aliphatic carbocycles. The lowest BCUT2D eigenvalue weighted by Gasteiger charge is -2.43. The minimum absolute atomic E-state index is 0.177. The highest BCUT2D eigenvalue weighted by Gasteiger charge is 2.49. The summed E-state index contributed by atoms with van der Waals surface area (Å²) >= 11 is 0. The Labute approximate surface area is 248 Å². The van der Waals surface area contributed by atoms with Crippen LogP contribution < -0.4 is 15.5 Å². The van der Waals surface area contributed by atoms with E-state index >= 15 is 0 Å². The maximum Gasteiger partial charge on any atom is 0.192 e. The Kier molecular flexibility index (Phi) is 9.07. The lowest BCUT2D eigenvalue weighted by atomic mass is 9.86. The SMILES string of the molecule is CNCC[C@]1(C)Oc2cc3oc(C)cc(=O)c3cc2C[C@H]1OOC[C@H](O)[C@](O)(CN1C=CC2=NC=CC21)[C@H](O)[C@H](O)CO. The number of hydrogen-bond donors (Lipinski definition) is 6. The van der Waals surface area contributed by atoms with Crippen LogP contribution in [0.4, 0.5) is 0 Å². The summed E-state index contributed by atoms with van der Waals surface area (Å²) in [5, 5.41) is 56.6. The third-order valence-electron chi connectivity index (χ3n) is 8.41. The number of aliphatic hydroxyl groups is 5. The van der Waals surface area contributed by atoms with E-state index in [0.717, 1.165) is 5.71 Å². The predicted molar refractivity (Wildman–Crippen MR) is 156 cm³/mol. The molecule has 1 aromatic heterocycles. The second-order valence-corrected chi connectivity index (χ2v) is 11.5. The Hall–Kier alpha value is -3.14. The first-order valence-corrected chi connectivity index (χ1v) is 14.2. The largest absolute Gasteiger partial charge is 0.484 e. The van der Waals surface area contributed by atoms with E-state index in [0.29, 0.717) is 47.4 Å². The van der Waals surface area contributed by atoms with E-state index in [1.54, 1.807) is 48.5 Å². The van der Waals surface area contributed by atoms with Gasteiger partial charge in [-0.05, 0) is 51.2 Å². The number of aliphatic imine (C=N–C) groups is 1. The minimum Gasteiger partial charge on any atom is -0.484 e. The summed E-state index contributed by atoms with van der Waals surface area (Å²) in [5.41, 5.74) is -1.55. The Morgan fingerprint density at radius 2 is 2.07 bits per heavy atom. The molecule has 0 fully saturated rings. The van der Waals surface area contributed by atoms with E-state index in [4.69, 9.17) is 18.9 Å². The molecule has 43 heavy (non-hydrogen) atoms. The summed E-state index contributed by atoms with van der Waals surface area (Å²) in [5.74, 6) is 1.04. The second kappa shape index (κ2) is 12.5. The topological polar surface area (TPSA) is 187 Å². The molecule has 4 heterocycles. The van der Waals surface area contributed by atoms with Crippen molar-refractivity contribution in [1.29, 1.82) is 0 Å². The fraction of sp³-hybridized carbons (Fsp3) is 0.533. The summed E-state index contributed by atoms with van der Waals surface area (Å²) < 4.78 is 12.2. The van der Waals surface area contributed by atoms with E-state index in [1.807, 2.05) is 14.0 Å². The summed E-state index contributed by atoms with van der Waals surface area (Å²) in [4.78, 5) is 29.8. The van der Waals surface area contributed by atoms with Crippen LogP contribution in [-0.2, 0) is 16.2 Å². The lowest BCUT2D eigenvalue weighted by Crippen LogP contribution is -2.64. The van der Waals surface area contributed by atoms with Crippen molar-refractivity contribution in [3.05, 3.63) is 64.3 Å². The molecule has 1 unspecified atom stereocenters. The number of aliphatic hydroxyl groups excluding tert-OH is 4. The molecule has 6 N–H and O–H groups in total. The van der Waals surface area contributed by atoms with Crippen molar-refractivity contribution < 1.29 is 44.5 Å². The van der Waals surface area contributed by atoms with Gasteiger partial charge in [-0.25, -0.2) is 9.78 Å². The van der Waals surface area contributed by atoms with Gasteiger partial charge in [-0.2, -0.15) is 0 Å². The zero-order valence-electron chi connectivity index (χ0n) is 24.3. The van der Waals surface area contributed by atoms with Crippen molar-refractivity contribution in [3.63, 3.8) is 0 Å². The van der Waals surface area contributed by atoms with Gasteiger partial charge in [-0.1, -0.05) is 0 Å². The van der Waals surface area contributed by atoms with Gasteiger partial charge in [-0.3, -0.25) is 9.79 Å². The molecule has 3 aliphatic rings. The molecule has 13 heteroatoms. The third-order valence-corrected chi connectivity index (χ3v) is 8.41. The van der Waals surface area contributed by atoms with Crippen molar-refractivity contribution in [2.24, 2.45) is 4.99 Å². The number of fused-ring (bicyclic) bond motifs is 3. The highest BCUT2D eigenvalue weighted by molar-refractivity contribution is 6.04. The zero-order valence-corrected chi connectivity index (χ0v) is 24.3. The standard InChI is InChI=1S/C30H39N3O10/c1-17-10-22(35)19-11-18-12-27(29(2,6-8-31-3)42-24(18)13-25(19)41-17)43-40-15-26(37)30(39,28(38)23(36)14-34)16-33-9-5-20-21(33)4-7-32-20/h4-5,7,9-11,13,21,23,26-28,31,34,36-39H,6,8,12,14-16H2,1-3H3/t21?,23-,26+,27-,28-,29+,30-/m1/s1. The number of aryl methyl sites for hydroxylation is 1. The first-order chi connectivity index (χ1) is 20.5.